The van der Waals surface area contributed by atoms with E-state index < -0.39 is 0 Å². The molecular weight excluding hydrogens is 398 g/mol. The van der Waals surface area contributed by atoms with Gasteiger partial charge >= 0.3 is 0 Å². The summed E-state index contributed by atoms with van der Waals surface area (Å²) >= 11 is 3.38. The van der Waals surface area contributed by atoms with E-state index in [-0.39, 0.29) is 19.2 Å². The highest BCUT2D eigenvalue weighted by Gasteiger charge is 2.07. The van der Waals surface area contributed by atoms with Crippen molar-refractivity contribution in [2.75, 3.05) is 11.9 Å². The Morgan fingerprint density at radius 1 is 1.15 bits per heavy atom. The molecule has 0 aliphatic heterocycles. The fourth-order valence-electron chi connectivity index (χ4n) is 2.23. The van der Waals surface area contributed by atoms with Crippen LogP contribution in [0.25, 0.3) is 0 Å². The van der Waals surface area contributed by atoms with Crippen LogP contribution in [0.1, 0.15) is 5.56 Å². The average molecular weight is 416 g/mol. The molecule has 0 saturated heterocycles. The number of para-hydroxylation sites is 1. The molecule has 0 fully saturated rings. The Labute approximate surface area is 159 Å². The van der Waals surface area contributed by atoms with Crippen molar-refractivity contribution in [2.24, 2.45) is 0 Å². The zero-order valence-electron chi connectivity index (χ0n) is 14.2. The van der Waals surface area contributed by atoms with Crippen LogP contribution in [0.4, 0.5) is 5.69 Å². The van der Waals surface area contributed by atoms with Crippen LogP contribution >= 0.6 is 15.9 Å². The Morgan fingerprint density at radius 2 is 1.92 bits per heavy atom. The van der Waals surface area contributed by atoms with Crippen molar-refractivity contribution in [2.45, 2.75) is 13.7 Å². The number of anilines is 1. The summed E-state index contributed by atoms with van der Waals surface area (Å²) in [6, 6.07) is 15.1. The number of benzene rings is 2. The number of carbonyl (C=O) groups excluding carboxylic acids is 1. The second-order valence-electron chi connectivity index (χ2n) is 5.60. The molecule has 0 aliphatic carbocycles. The first-order valence-corrected chi connectivity index (χ1v) is 8.78. The topological polar surface area (TPSA) is 65.4 Å². The van der Waals surface area contributed by atoms with E-state index in [0.717, 1.165) is 15.8 Å². The lowest BCUT2D eigenvalue weighted by Gasteiger charge is -2.08. The van der Waals surface area contributed by atoms with Crippen LogP contribution in [0, 0.1) is 6.92 Å². The molecular formula is C19H18BrN3O3. The van der Waals surface area contributed by atoms with Crippen LogP contribution < -0.4 is 14.8 Å². The van der Waals surface area contributed by atoms with Crippen LogP contribution in [-0.4, -0.2) is 22.3 Å². The maximum Gasteiger partial charge on any atom is 0.262 e. The quantitative estimate of drug-likeness (QED) is 0.632. The lowest BCUT2D eigenvalue weighted by molar-refractivity contribution is -0.118. The summed E-state index contributed by atoms with van der Waals surface area (Å²) in [7, 11) is 0. The number of nitrogens with zero attached hydrogens (tertiary/aromatic N) is 2. The molecule has 0 atom stereocenters. The van der Waals surface area contributed by atoms with Crippen LogP contribution in [-0.2, 0) is 11.5 Å². The molecule has 0 bridgehead atoms. The molecule has 134 valence electrons. The lowest BCUT2D eigenvalue weighted by atomic mass is 10.2. The average Bonchev–Trinajstić information content (AvgIpc) is 3.08. The SMILES string of the molecule is Cc1ccccc1OCC(=O)Nc1cnn(COc2ccc(Br)cc2)c1. The highest BCUT2D eigenvalue weighted by Crippen LogP contribution is 2.17. The molecule has 26 heavy (non-hydrogen) atoms. The molecule has 7 heteroatoms. The second-order valence-corrected chi connectivity index (χ2v) is 6.51. The number of halogens is 1. The molecule has 0 spiro atoms. The van der Waals surface area contributed by atoms with E-state index in [1.807, 2.05) is 55.5 Å². The summed E-state index contributed by atoms with van der Waals surface area (Å²) in [4.78, 5) is 12.0. The van der Waals surface area contributed by atoms with E-state index in [1.54, 1.807) is 17.1 Å². The molecule has 0 unspecified atom stereocenters. The number of nitrogens with one attached hydrogen (secondary N) is 1. The van der Waals surface area contributed by atoms with Crippen molar-refractivity contribution >= 4 is 27.5 Å². The smallest absolute Gasteiger partial charge is 0.262 e. The third-order valence-electron chi connectivity index (χ3n) is 3.55. The van der Waals surface area contributed by atoms with E-state index in [9.17, 15) is 4.79 Å². The molecule has 1 amide bonds. The van der Waals surface area contributed by atoms with Gasteiger partial charge in [-0.2, -0.15) is 5.10 Å². The Balaban J connectivity index is 1.47. The summed E-state index contributed by atoms with van der Waals surface area (Å²) < 4.78 is 13.7. The Hall–Kier alpha value is -2.80. The highest BCUT2D eigenvalue weighted by atomic mass is 79.9. The van der Waals surface area contributed by atoms with Crippen molar-refractivity contribution in [3.8, 4) is 11.5 Å². The first-order valence-electron chi connectivity index (χ1n) is 7.99. The maximum atomic E-state index is 12.0. The van der Waals surface area contributed by atoms with E-state index >= 15 is 0 Å². The number of aromatic nitrogens is 2. The molecule has 1 heterocycles. The van der Waals surface area contributed by atoms with Crippen molar-refractivity contribution < 1.29 is 14.3 Å². The largest absolute Gasteiger partial charge is 0.483 e. The van der Waals surface area contributed by atoms with Crippen LogP contribution in [0.5, 0.6) is 11.5 Å². The van der Waals surface area contributed by atoms with E-state index in [1.165, 1.54) is 0 Å². The van der Waals surface area contributed by atoms with Gasteiger partial charge in [-0.05, 0) is 42.8 Å². The van der Waals surface area contributed by atoms with E-state index in [4.69, 9.17) is 9.47 Å². The summed E-state index contributed by atoms with van der Waals surface area (Å²) in [5.74, 6) is 1.18. The minimum absolute atomic E-state index is 0.0641. The number of aryl methyl sites for hydroxylation is 1. The van der Waals surface area contributed by atoms with Gasteiger partial charge in [0.25, 0.3) is 5.91 Å². The Kier molecular flexibility index (Phi) is 5.91. The molecule has 6 nitrogen and oxygen atoms in total. The standard InChI is InChI=1S/C19H18BrN3O3/c1-14-4-2-3-5-18(14)25-12-19(24)22-16-10-21-23(11-16)13-26-17-8-6-15(20)7-9-17/h2-11H,12-13H2,1H3,(H,22,24). The monoisotopic (exact) mass is 415 g/mol. The molecule has 3 rings (SSSR count). The van der Waals surface area contributed by atoms with Crippen LogP contribution in [0.2, 0.25) is 0 Å². The summed E-state index contributed by atoms with van der Waals surface area (Å²) in [6.07, 6.45) is 3.27. The molecule has 1 N–H and O–H groups in total. The number of rotatable bonds is 7. The van der Waals surface area contributed by atoms with Gasteiger partial charge in [-0.25, -0.2) is 4.68 Å². The number of hydrogen-bond donors (Lipinski definition) is 1. The molecule has 2 aromatic carbocycles. The van der Waals surface area contributed by atoms with E-state index in [2.05, 4.69) is 26.3 Å². The van der Waals surface area contributed by atoms with Gasteiger partial charge in [0.15, 0.2) is 13.3 Å². The third-order valence-corrected chi connectivity index (χ3v) is 4.08. The van der Waals surface area contributed by atoms with Gasteiger partial charge in [0.05, 0.1) is 18.1 Å². The highest BCUT2D eigenvalue weighted by molar-refractivity contribution is 9.10. The predicted octanol–water partition coefficient (Wildman–Crippen LogP) is 4.01. The lowest BCUT2D eigenvalue weighted by Crippen LogP contribution is -2.20. The number of amides is 1. The molecule has 0 aliphatic rings. The minimum atomic E-state index is -0.248. The number of carbonyl (C=O) groups is 1. The Morgan fingerprint density at radius 3 is 2.69 bits per heavy atom. The minimum Gasteiger partial charge on any atom is -0.483 e. The molecule has 1 aromatic heterocycles. The van der Waals surface area contributed by atoms with Crippen LogP contribution in [0.3, 0.4) is 0 Å². The normalized spacial score (nSPS) is 10.4. The van der Waals surface area contributed by atoms with Crippen LogP contribution in [0.15, 0.2) is 65.4 Å². The molecule has 0 radical (unpaired) electrons. The van der Waals surface area contributed by atoms with Crippen molar-refractivity contribution in [1.29, 1.82) is 0 Å². The Bertz CT molecular complexity index is 878. The number of hydrogen-bond acceptors (Lipinski definition) is 4. The van der Waals surface area contributed by atoms with Crippen molar-refractivity contribution in [1.82, 2.24) is 9.78 Å². The summed E-state index contributed by atoms with van der Waals surface area (Å²) in [6.45, 7) is 2.12. The third kappa shape index (κ3) is 5.10. The predicted molar refractivity (Wildman–Crippen MR) is 102 cm³/mol. The van der Waals surface area contributed by atoms with Gasteiger partial charge in [0, 0.05) is 4.47 Å². The summed E-state index contributed by atoms with van der Waals surface area (Å²) in [5, 5.41) is 6.91. The van der Waals surface area contributed by atoms with Gasteiger partial charge in [-0.3, -0.25) is 4.79 Å². The fourth-order valence-corrected chi connectivity index (χ4v) is 2.49. The van der Waals surface area contributed by atoms with E-state index in [0.29, 0.717) is 11.4 Å². The fraction of sp³-hybridized carbons (Fsp3) is 0.158. The zero-order valence-corrected chi connectivity index (χ0v) is 15.8. The molecule has 3 aromatic rings. The zero-order chi connectivity index (χ0) is 18.4. The maximum absolute atomic E-state index is 12.0. The van der Waals surface area contributed by atoms with Crippen molar-refractivity contribution in [3.05, 3.63) is 71.0 Å². The van der Waals surface area contributed by atoms with Gasteiger partial charge in [-0.1, -0.05) is 34.1 Å². The molecule has 0 saturated carbocycles. The van der Waals surface area contributed by atoms with Gasteiger partial charge in [0.1, 0.15) is 11.5 Å². The first kappa shape index (κ1) is 18.0. The van der Waals surface area contributed by atoms with Gasteiger partial charge < -0.3 is 14.8 Å². The van der Waals surface area contributed by atoms with Gasteiger partial charge in [0.2, 0.25) is 0 Å². The summed E-state index contributed by atoms with van der Waals surface area (Å²) in [5.41, 5.74) is 1.57. The number of ether oxygens (including phenoxy) is 2. The van der Waals surface area contributed by atoms with Crippen molar-refractivity contribution in [3.63, 3.8) is 0 Å². The first-order chi connectivity index (χ1) is 12.6. The van der Waals surface area contributed by atoms with Gasteiger partial charge in [-0.15, -0.1) is 0 Å². The second kappa shape index (κ2) is 8.53.